The number of nitrogens with one attached hydrogen (secondary N) is 1. The van der Waals surface area contributed by atoms with Crippen LogP contribution in [0.4, 0.5) is 0 Å². The zero-order chi connectivity index (χ0) is 15.5. The van der Waals surface area contributed by atoms with Crippen molar-refractivity contribution in [3.05, 3.63) is 34.9 Å². The van der Waals surface area contributed by atoms with Gasteiger partial charge in [-0.15, -0.1) is 0 Å². The van der Waals surface area contributed by atoms with Crippen LogP contribution in [0.15, 0.2) is 18.2 Å². The Morgan fingerprint density at radius 2 is 1.76 bits per heavy atom. The Bertz CT molecular complexity index is 455. The summed E-state index contributed by atoms with van der Waals surface area (Å²) in [5.41, 5.74) is 4.83. The molecule has 0 saturated heterocycles. The SMILES string of the molecule is CNC(Cc1ccc(C)c(C)c1)C1(CC(C)C)CCCC1. The van der Waals surface area contributed by atoms with Crippen LogP contribution in [-0.4, -0.2) is 13.1 Å². The van der Waals surface area contributed by atoms with Gasteiger partial charge in [-0.2, -0.15) is 0 Å². The summed E-state index contributed by atoms with van der Waals surface area (Å²) in [6.07, 6.45) is 8.17. The van der Waals surface area contributed by atoms with E-state index in [0.717, 1.165) is 5.92 Å². The maximum absolute atomic E-state index is 3.67. The maximum atomic E-state index is 3.67. The van der Waals surface area contributed by atoms with Crippen molar-refractivity contribution in [3.63, 3.8) is 0 Å². The van der Waals surface area contributed by atoms with E-state index in [1.54, 1.807) is 0 Å². The van der Waals surface area contributed by atoms with Gasteiger partial charge in [-0.05, 0) is 74.6 Å². The van der Waals surface area contributed by atoms with Crippen molar-refractivity contribution in [3.8, 4) is 0 Å². The standard InChI is InChI=1S/C20H33N/c1-15(2)14-20(10-6-7-11-20)19(21-5)13-18-9-8-16(3)17(4)12-18/h8-9,12,15,19,21H,6-7,10-11,13-14H2,1-5H3. The molecule has 1 aliphatic carbocycles. The summed E-state index contributed by atoms with van der Waals surface area (Å²) in [7, 11) is 2.16. The zero-order valence-corrected chi connectivity index (χ0v) is 14.6. The van der Waals surface area contributed by atoms with Gasteiger partial charge in [-0.3, -0.25) is 0 Å². The lowest BCUT2D eigenvalue weighted by Crippen LogP contribution is -2.44. The molecule has 1 saturated carbocycles. The molecule has 0 amide bonds. The topological polar surface area (TPSA) is 12.0 Å². The van der Waals surface area contributed by atoms with Crippen molar-refractivity contribution in [2.24, 2.45) is 11.3 Å². The summed E-state index contributed by atoms with van der Waals surface area (Å²) in [5.74, 6) is 0.790. The fraction of sp³-hybridized carbons (Fsp3) is 0.700. The van der Waals surface area contributed by atoms with Crippen LogP contribution < -0.4 is 5.32 Å². The minimum absolute atomic E-state index is 0.516. The van der Waals surface area contributed by atoms with Crippen molar-refractivity contribution in [2.75, 3.05) is 7.05 Å². The third kappa shape index (κ3) is 3.88. The molecule has 118 valence electrons. The van der Waals surface area contributed by atoms with Gasteiger partial charge in [0.2, 0.25) is 0 Å². The highest BCUT2D eigenvalue weighted by Crippen LogP contribution is 2.46. The number of hydrogen-bond donors (Lipinski definition) is 1. The molecule has 1 atom stereocenters. The second kappa shape index (κ2) is 6.96. The van der Waals surface area contributed by atoms with E-state index in [-0.39, 0.29) is 0 Å². The van der Waals surface area contributed by atoms with E-state index in [1.165, 1.54) is 55.2 Å². The smallest absolute Gasteiger partial charge is 0.0161 e. The van der Waals surface area contributed by atoms with Crippen LogP contribution in [0, 0.1) is 25.2 Å². The van der Waals surface area contributed by atoms with Crippen LogP contribution in [0.1, 0.15) is 62.6 Å². The molecule has 0 aromatic heterocycles. The average Bonchev–Trinajstić information content (AvgIpc) is 2.88. The summed E-state index contributed by atoms with van der Waals surface area (Å²) in [6.45, 7) is 9.18. The van der Waals surface area contributed by atoms with Crippen molar-refractivity contribution in [2.45, 2.75) is 72.3 Å². The molecule has 0 aliphatic heterocycles. The minimum atomic E-state index is 0.516. The third-order valence-electron chi connectivity index (χ3n) is 5.51. The molecule has 2 rings (SSSR count). The second-order valence-electron chi connectivity index (χ2n) is 7.63. The predicted molar refractivity (Wildman–Crippen MR) is 92.8 cm³/mol. The van der Waals surface area contributed by atoms with E-state index in [1.807, 2.05) is 0 Å². The first-order valence-electron chi connectivity index (χ1n) is 8.70. The van der Waals surface area contributed by atoms with Crippen LogP contribution >= 0.6 is 0 Å². The molecule has 1 aliphatic rings. The van der Waals surface area contributed by atoms with Gasteiger partial charge in [0.15, 0.2) is 0 Å². The number of rotatable bonds is 6. The van der Waals surface area contributed by atoms with Crippen molar-refractivity contribution >= 4 is 0 Å². The molecular formula is C20H33N. The van der Waals surface area contributed by atoms with E-state index >= 15 is 0 Å². The summed E-state index contributed by atoms with van der Waals surface area (Å²) in [5, 5.41) is 3.67. The molecule has 1 N–H and O–H groups in total. The normalized spacial score (nSPS) is 19.1. The number of aryl methyl sites for hydroxylation is 2. The fourth-order valence-corrected chi connectivity index (χ4v) is 4.38. The number of benzene rings is 1. The summed E-state index contributed by atoms with van der Waals surface area (Å²) < 4.78 is 0. The lowest BCUT2D eigenvalue weighted by Gasteiger charge is -2.39. The van der Waals surface area contributed by atoms with E-state index in [2.05, 4.69) is 58.3 Å². The monoisotopic (exact) mass is 287 g/mol. The molecule has 1 nitrogen and oxygen atoms in total. The minimum Gasteiger partial charge on any atom is -0.316 e. The Morgan fingerprint density at radius 1 is 1.10 bits per heavy atom. The molecular weight excluding hydrogens is 254 g/mol. The van der Waals surface area contributed by atoms with Gasteiger partial charge in [-0.1, -0.05) is 44.9 Å². The number of likely N-dealkylation sites (N-methyl/N-ethyl adjacent to an activating group) is 1. The van der Waals surface area contributed by atoms with E-state index in [0.29, 0.717) is 11.5 Å². The summed E-state index contributed by atoms with van der Waals surface area (Å²) in [6, 6.07) is 7.60. The van der Waals surface area contributed by atoms with Gasteiger partial charge in [-0.25, -0.2) is 0 Å². The molecule has 1 fully saturated rings. The van der Waals surface area contributed by atoms with E-state index in [9.17, 15) is 0 Å². The van der Waals surface area contributed by atoms with Crippen LogP contribution in [0.5, 0.6) is 0 Å². The average molecular weight is 287 g/mol. The molecule has 0 heterocycles. The van der Waals surface area contributed by atoms with Gasteiger partial charge < -0.3 is 5.32 Å². The maximum Gasteiger partial charge on any atom is 0.0161 e. The van der Waals surface area contributed by atoms with Crippen LogP contribution in [-0.2, 0) is 6.42 Å². The molecule has 0 spiro atoms. The fourth-order valence-electron chi connectivity index (χ4n) is 4.38. The Hall–Kier alpha value is -0.820. The molecule has 1 aromatic rings. The first-order chi connectivity index (χ1) is 9.97. The Labute approximate surface area is 131 Å². The van der Waals surface area contributed by atoms with Gasteiger partial charge in [0.05, 0.1) is 0 Å². The molecule has 1 unspecified atom stereocenters. The second-order valence-corrected chi connectivity index (χ2v) is 7.63. The van der Waals surface area contributed by atoms with Gasteiger partial charge in [0, 0.05) is 6.04 Å². The van der Waals surface area contributed by atoms with Crippen molar-refractivity contribution in [1.82, 2.24) is 5.32 Å². The van der Waals surface area contributed by atoms with Crippen molar-refractivity contribution in [1.29, 1.82) is 0 Å². The lowest BCUT2D eigenvalue weighted by molar-refractivity contribution is 0.160. The number of hydrogen-bond acceptors (Lipinski definition) is 1. The first kappa shape index (κ1) is 16.5. The first-order valence-corrected chi connectivity index (χ1v) is 8.70. The Balaban J connectivity index is 2.18. The van der Waals surface area contributed by atoms with Crippen LogP contribution in [0.3, 0.4) is 0 Å². The van der Waals surface area contributed by atoms with Gasteiger partial charge in [0.1, 0.15) is 0 Å². The van der Waals surface area contributed by atoms with E-state index in [4.69, 9.17) is 0 Å². The van der Waals surface area contributed by atoms with Crippen LogP contribution in [0.25, 0.3) is 0 Å². The molecule has 1 heteroatoms. The lowest BCUT2D eigenvalue weighted by atomic mass is 9.71. The molecule has 0 bridgehead atoms. The van der Waals surface area contributed by atoms with Gasteiger partial charge >= 0.3 is 0 Å². The van der Waals surface area contributed by atoms with Gasteiger partial charge in [0.25, 0.3) is 0 Å². The predicted octanol–water partition coefficient (Wildman–Crippen LogP) is 5.04. The molecule has 0 radical (unpaired) electrons. The van der Waals surface area contributed by atoms with Crippen molar-refractivity contribution < 1.29 is 0 Å². The summed E-state index contributed by atoms with van der Waals surface area (Å²) in [4.78, 5) is 0. The summed E-state index contributed by atoms with van der Waals surface area (Å²) >= 11 is 0. The third-order valence-corrected chi connectivity index (χ3v) is 5.51. The van der Waals surface area contributed by atoms with Crippen LogP contribution in [0.2, 0.25) is 0 Å². The largest absolute Gasteiger partial charge is 0.316 e. The zero-order valence-electron chi connectivity index (χ0n) is 14.6. The highest BCUT2D eigenvalue weighted by Gasteiger charge is 2.40. The Morgan fingerprint density at radius 3 is 2.29 bits per heavy atom. The Kier molecular flexibility index (Phi) is 5.48. The quantitative estimate of drug-likeness (QED) is 0.773. The molecule has 21 heavy (non-hydrogen) atoms. The highest BCUT2D eigenvalue weighted by molar-refractivity contribution is 5.30. The molecule has 1 aromatic carbocycles. The highest BCUT2D eigenvalue weighted by atomic mass is 14.9. The van der Waals surface area contributed by atoms with E-state index < -0.39 is 0 Å².